The molecular weight excluding hydrogens is 369 g/mol. The van der Waals surface area contributed by atoms with Gasteiger partial charge in [0.05, 0.1) is 23.7 Å². The summed E-state index contributed by atoms with van der Waals surface area (Å²) in [5.41, 5.74) is 1.02. The van der Waals surface area contributed by atoms with E-state index in [0.717, 1.165) is 12.8 Å². The number of carbonyl (C=O) groups is 1. The molecule has 0 amide bonds. The summed E-state index contributed by atoms with van der Waals surface area (Å²) in [5, 5.41) is 0.416. The van der Waals surface area contributed by atoms with Crippen molar-refractivity contribution >= 4 is 60.5 Å². The van der Waals surface area contributed by atoms with Gasteiger partial charge in [-0.3, -0.25) is 4.79 Å². The molecule has 0 saturated heterocycles. The van der Waals surface area contributed by atoms with E-state index < -0.39 is 0 Å². The first kappa shape index (κ1) is 19.3. The number of benzene rings is 1. The van der Waals surface area contributed by atoms with Crippen LogP contribution in [0.15, 0.2) is 10.5 Å². The molecule has 0 aliphatic heterocycles. The van der Waals surface area contributed by atoms with Crippen molar-refractivity contribution in [2.24, 2.45) is 0 Å². The van der Waals surface area contributed by atoms with Crippen LogP contribution >= 0.6 is 36.1 Å². The largest absolute Gasteiger partial charge is 0.495 e. The molecule has 1 saturated carbocycles. The summed E-state index contributed by atoms with van der Waals surface area (Å²) in [4.78, 5) is 12.6. The first-order chi connectivity index (χ1) is 9.58. The Bertz CT molecular complexity index is 493. The van der Waals surface area contributed by atoms with Gasteiger partial charge in [0.2, 0.25) is 0 Å². The molecule has 1 aliphatic carbocycles. The van der Waals surface area contributed by atoms with Crippen LogP contribution in [0.2, 0.25) is 5.02 Å². The van der Waals surface area contributed by atoms with Gasteiger partial charge in [0.1, 0.15) is 11.3 Å². The minimum Gasteiger partial charge on any atom is -0.495 e. The van der Waals surface area contributed by atoms with E-state index in [4.69, 9.17) is 21.1 Å². The fourth-order valence-corrected chi connectivity index (χ4v) is 4.96. The van der Waals surface area contributed by atoms with E-state index in [1.54, 1.807) is 13.2 Å². The number of hydrogen-bond acceptors (Lipinski definition) is 3. The average molecular weight is 387 g/mol. The van der Waals surface area contributed by atoms with Crippen molar-refractivity contribution in [3.63, 3.8) is 0 Å². The fraction of sp³-hybridized carbons (Fsp3) is 0.500. The van der Waals surface area contributed by atoms with Gasteiger partial charge in [-0.15, -0.1) is 0 Å². The van der Waals surface area contributed by atoms with Crippen molar-refractivity contribution in [3.05, 3.63) is 21.1 Å². The fourth-order valence-electron chi connectivity index (χ4n) is 2.52. The zero-order chi connectivity index (χ0) is 14.7. The minimum absolute atomic E-state index is 0. The van der Waals surface area contributed by atoms with Crippen LogP contribution in [-0.2, 0) is 0 Å². The second-order valence-corrected chi connectivity index (χ2v) is 7.56. The van der Waals surface area contributed by atoms with Gasteiger partial charge in [0.25, 0.3) is 0 Å². The average Bonchev–Trinajstić information content (AvgIpc) is 2.90. The Morgan fingerprint density at radius 1 is 1.29 bits per heavy atom. The third kappa shape index (κ3) is 4.40. The van der Waals surface area contributed by atoms with E-state index in [0.29, 0.717) is 32.2 Å². The van der Waals surface area contributed by atoms with Crippen LogP contribution in [-0.4, -0.2) is 44.3 Å². The zero-order valence-corrected chi connectivity index (χ0v) is 15.8. The molecule has 1 fully saturated rings. The number of rotatable bonds is 5. The van der Waals surface area contributed by atoms with Crippen molar-refractivity contribution in [3.8, 4) is 11.5 Å². The van der Waals surface area contributed by atoms with Crippen molar-refractivity contribution < 1.29 is 14.3 Å². The number of halogens is 2. The third-order valence-electron chi connectivity index (χ3n) is 3.47. The molecule has 0 bridgehead atoms. The Kier molecular flexibility index (Phi) is 8.10. The first-order valence-corrected chi connectivity index (χ1v) is 8.74. The molecule has 1 radical (unpaired) electrons. The van der Waals surface area contributed by atoms with Crippen LogP contribution in [0.1, 0.15) is 36.0 Å². The van der Waals surface area contributed by atoms with Gasteiger partial charge in [-0.25, -0.2) is 0 Å². The molecule has 111 valence electrons. The summed E-state index contributed by atoms with van der Waals surface area (Å²) in [5.74, 6) is 0.906. The van der Waals surface area contributed by atoms with Crippen LogP contribution in [0.4, 0.5) is 0 Å². The Hall–Kier alpha value is 0.287. The van der Waals surface area contributed by atoms with Gasteiger partial charge in [-0.1, -0.05) is 24.4 Å². The molecular formula is C14H17BrClLiO3P. The van der Waals surface area contributed by atoms with Crippen molar-refractivity contribution in [2.75, 3.05) is 14.2 Å². The maximum Gasteiger partial charge on any atom is 0.188 e. The number of ether oxygens (including phenoxy) is 2. The quantitative estimate of drug-likeness (QED) is 0.552. The summed E-state index contributed by atoms with van der Waals surface area (Å²) in [6, 6.07) is 1.69. The zero-order valence-electron chi connectivity index (χ0n) is 12.5. The molecule has 0 aromatic heterocycles. The Balaban J connectivity index is 0.00000220. The van der Waals surface area contributed by atoms with Gasteiger partial charge in [0, 0.05) is 18.9 Å². The monoisotopic (exact) mass is 385 g/mol. The molecule has 0 N–H and O–H groups in total. The third-order valence-corrected chi connectivity index (χ3v) is 5.83. The van der Waals surface area contributed by atoms with Crippen LogP contribution < -0.4 is 9.47 Å². The normalized spacial score (nSPS) is 15.2. The molecule has 21 heavy (non-hydrogen) atoms. The Labute approximate surface area is 152 Å². The summed E-state index contributed by atoms with van der Waals surface area (Å²) >= 11 is 9.55. The molecule has 1 aromatic rings. The maximum atomic E-state index is 12.6. The van der Waals surface area contributed by atoms with Gasteiger partial charge in [0.15, 0.2) is 11.3 Å². The van der Waals surface area contributed by atoms with Crippen LogP contribution in [0.3, 0.4) is 0 Å². The predicted octanol–water partition coefficient (Wildman–Crippen LogP) is 4.50. The SMILES string of the molecule is COc1c(Cl)cc(Br)c(OC)c1C(=O)PC1CCCC1.[Li]. The topological polar surface area (TPSA) is 35.5 Å². The van der Waals surface area contributed by atoms with Crippen molar-refractivity contribution in [1.29, 1.82) is 0 Å². The van der Waals surface area contributed by atoms with E-state index in [-0.39, 0.29) is 33.0 Å². The van der Waals surface area contributed by atoms with Crippen molar-refractivity contribution in [2.45, 2.75) is 31.3 Å². The molecule has 2 rings (SSSR count). The molecule has 3 nitrogen and oxygen atoms in total. The van der Waals surface area contributed by atoms with Gasteiger partial charge >= 0.3 is 0 Å². The Morgan fingerprint density at radius 2 is 1.86 bits per heavy atom. The summed E-state index contributed by atoms with van der Waals surface area (Å²) < 4.78 is 11.3. The maximum absolute atomic E-state index is 12.6. The van der Waals surface area contributed by atoms with Gasteiger partial charge in [-0.2, -0.15) is 0 Å². The summed E-state index contributed by atoms with van der Waals surface area (Å²) in [7, 11) is 3.31. The van der Waals surface area contributed by atoms with Crippen LogP contribution in [0, 0.1) is 0 Å². The van der Waals surface area contributed by atoms with Gasteiger partial charge in [-0.05, 0) is 49.1 Å². The minimum atomic E-state index is 0. The summed E-state index contributed by atoms with van der Waals surface area (Å²) in [6.45, 7) is 0. The molecule has 7 heteroatoms. The van der Waals surface area contributed by atoms with E-state index >= 15 is 0 Å². The number of methoxy groups -OCH3 is 2. The van der Waals surface area contributed by atoms with E-state index in [1.807, 2.05) is 0 Å². The molecule has 0 heterocycles. The van der Waals surface area contributed by atoms with E-state index in [2.05, 4.69) is 15.9 Å². The first-order valence-electron chi connectivity index (χ1n) is 6.49. The predicted molar refractivity (Wildman–Crippen MR) is 92.9 cm³/mol. The molecule has 0 spiro atoms. The number of hydrogen-bond donors (Lipinski definition) is 0. The van der Waals surface area contributed by atoms with E-state index in [1.165, 1.54) is 20.0 Å². The smallest absolute Gasteiger partial charge is 0.188 e. The standard InChI is InChI=1S/C14H17BrClO3P.Li/c1-18-12-9(15)7-10(16)13(19-2)11(12)14(17)20-8-5-3-4-6-8;/h7-8,20H,3-6H2,1-2H3;. The van der Waals surface area contributed by atoms with E-state index in [9.17, 15) is 4.79 Å². The second-order valence-electron chi connectivity index (χ2n) is 4.74. The molecule has 1 aliphatic rings. The van der Waals surface area contributed by atoms with Crippen LogP contribution in [0.25, 0.3) is 0 Å². The second kappa shape index (κ2) is 8.80. The molecule has 1 unspecified atom stereocenters. The number of carbonyl (C=O) groups excluding carboxylic acids is 1. The van der Waals surface area contributed by atoms with Gasteiger partial charge < -0.3 is 9.47 Å². The van der Waals surface area contributed by atoms with Crippen LogP contribution in [0.5, 0.6) is 11.5 Å². The van der Waals surface area contributed by atoms with Crippen molar-refractivity contribution in [1.82, 2.24) is 0 Å². The Morgan fingerprint density at radius 3 is 2.38 bits per heavy atom. The molecule has 1 atom stereocenters. The summed E-state index contributed by atoms with van der Waals surface area (Å²) in [6.07, 6.45) is 4.71. The molecule has 1 aromatic carbocycles.